The zero-order valence-electron chi connectivity index (χ0n) is 8.14. The zero-order valence-corrected chi connectivity index (χ0v) is 8.14. The number of aryl methyl sites for hydroxylation is 2. The molecular formula is C9H14N2O3. The Balaban J connectivity index is 2.55. The van der Waals surface area contributed by atoms with E-state index in [1.807, 2.05) is 6.92 Å². The molecule has 0 aliphatic rings. The number of carbonyl (C=O) groups is 1. The third-order valence-electron chi connectivity index (χ3n) is 2.05. The summed E-state index contributed by atoms with van der Waals surface area (Å²) in [5, 5.41) is 8.42. The second-order valence-corrected chi connectivity index (χ2v) is 3.06. The molecule has 0 amide bonds. The molecule has 1 aromatic heterocycles. The van der Waals surface area contributed by atoms with Gasteiger partial charge in [-0.25, -0.2) is 4.79 Å². The Labute approximate surface area is 81.6 Å². The Morgan fingerprint density at radius 1 is 1.43 bits per heavy atom. The molecule has 1 aromatic rings. The topological polar surface area (TPSA) is 64.2 Å². The van der Waals surface area contributed by atoms with E-state index in [0.717, 1.165) is 0 Å². The summed E-state index contributed by atoms with van der Waals surface area (Å²) in [6.07, 6.45) is 3.99. The number of hydrogen-bond acceptors (Lipinski definition) is 2. The molecule has 0 atom stereocenters. The third kappa shape index (κ3) is 2.48. The fraction of sp³-hybridized carbons (Fsp3) is 0.556. The maximum absolute atomic E-state index is 11.5. The Hall–Kier alpha value is -1.52. The van der Waals surface area contributed by atoms with Crippen LogP contribution in [0.5, 0.6) is 0 Å². The predicted octanol–water partition coefficient (Wildman–Crippen LogP) is 0.534. The molecule has 1 rings (SSSR count). The lowest BCUT2D eigenvalue weighted by molar-refractivity contribution is -0.137. The van der Waals surface area contributed by atoms with Crippen LogP contribution < -0.4 is 5.69 Å². The molecule has 14 heavy (non-hydrogen) atoms. The minimum atomic E-state index is -0.826. The number of carboxylic acids is 1. The van der Waals surface area contributed by atoms with Crippen molar-refractivity contribution in [3.8, 4) is 0 Å². The van der Waals surface area contributed by atoms with Crippen molar-refractivity contribution in [1.82, 2.24) is 9.13 Å². The minimum Gasteiger partial charge on any atom is -0.481 e. The molecule has 5 nitrogen and oxygen atoms in total. The normalized spacial score (nSPS) is 10.4. The maximum Gasteiger partial charge on any atom is 0.328 e. The van der Waals surface area contributed by atoms with Crippen LogP contribution in [-0.2, 0) is 17.9 Å². The van der Waals surface area contributed by atoms with Gasteiger partial charge in [-0.05, 0) is 13.3 Å². The summed E-state index contributed by atoms with van der Waals surface area (Å²) in [6, 6.07) is 0. The van der Waals surface area contributed by atoms with Crippen LogP contribution in [0.3, 0.4) is 0 Å². The lowest BCUT2D eigenvalue weighted by Crippen LogP contribution is -2.23. The van der Waals surface area contributed by atoms with Crippen LogP contribution in [0.2, 0.25) is 0 Å². The van der Waals surface area contributed by atoms with E-state index in [1.165, 1.54) is 4.57 Å². The molecule has 0 bridgehead atoms. The lowest BCUT2D eigenvalue weighted by atomic mass is 10.3. The number of rotatable bonds is 5. The molecule has 0 unspecified atom stereocenters. The average molecular weight is 198 g/mol. The summed E-state index contributed by atoms with van der Waals surface area (Å²) >= 11 is 0. The van der Waals surface area contributed by atoms with Gasteiger partial charge >= 0.3 is 11.7 Å². The molecule has 0 saturated heterocycles. The van der Waals surface area contributed by atoms with E-state index in [2.05, 4.69) is 0 Å². The standard InChI is InChI=1S/C9H14N2O3/c1-2-10-6-7-11(9(10)14)5-3-4-8(12)13/h6-7H,2-5H2,1H3,(H,12,13). The summed E-state index contributed by atoms with van der Waals surface area (Å²) in [5.41, 5.74) is -0.0714. The second-order valence-electron chi connectivity index (χ2n) is 3.06. The number of aliphatic carboxylic acids is 1. The van der Waals surface area contributed by atoms with Crippen LogP contribution in [-0.4, -0.2) is 20.2 Å². The summed E-state index contributed by atoms with van der Waals surface area (Å²) in [6.45, 7) is 3.01. The Morgan fingerprint density at radius 2 is 2.07 bits per heavy atom. The summed E-state index contributed by atoms with van der Waals surface area (Å²) in [7, 11) is 0. The van der Waals surface area contributed by atoms with Gasteiger partial charge in [0, 0.05) is 31.9 Å². The van der Waals surface area contributed by atoms with Gasteiger partial charge in [0.1, 0.15) is 0 Å². The van der Waals surface area contributed by atoms with Crippen molar-refractivity contribution < 1.29 is 9.90 Å². The molecule has 0 radical (unpaired) electrons. The van der Waals surface area contributed by atoms with Crippen molar-refractivity contribution in [1.29, 1.82) is 0 Å². The molecule has 5 heteroatoms. The van der Waals surface area contributed by atoms with Crippen molar-refractivity contribution in [2.24, 2.45) is 0 Å². The summed E-state index contributed by atoms with van der Waals surface area (Å²) < 4.78 is 3.12. The summed E-state index contributed by atoms with van der Waals surface area (Å²) in [4.78, 5) is 21.7. The van der Waals surface area contributed by atoms with Crippen LogP contribution in [0.4, 0.5) is 0 Å². The highest BCUT2D eigenvalue weighted by Crippen LogP contribution is 1.93. The van der Waals surface area contributed by atoms with E-state index in [1.54, 1.807) is 17.0 Å². The molecule has 0 aliphatic carbocycles. The number of carboxylic acid groups (broad SMARTS) is 1. The van der Waals surface area contributed by atoms with E-state index >= 15 is 0 Å². The average Bonchev–Trinajstić information content (AvgIpc) is 2.47. The van der Waals surface area contributed by atoms with Gasteiger partial charge in [-0.15, -0.1) is 0 Å². The molecule has 0 aliphatic heterocycles. The fourth-order valence-corrected chi connectivity index (χ4v) is 1.26. The highest BCUT2D eigenvalue weighted by atomic mass is 16.4. The van der Waals surface area contributed by atoms with Crippen molar-refractivity contribution in [2.75, 3.05) is 0 Å². The molecule has 0 spiro atoms. The first-order valence-corrected chi connectivity index (χ1v) is 4.62. The van der Waals surface area contributed by atoms with E-state index in [9.17, 15) is 9.59 Å². The van der Waals surface area contributed by atoms with Crippen molar-refractivity contribution >= 4 is 5.97 Å². The van der Waals surface area contributed by atoms with E-state index in [4.69, 9.17) is 5.11 Å². The van der Waals surface area contributed by atoms with Gasteiger partial charge < -0.3 is 5.11 Å². The summed E-state index contributed by atoms with van der Waals surface area (Å²) in [5.74, 6) is -0.826. The zero-order chi connectivity index (χ0) is 10.6. The van der Waals surface area contributed by atoms with E-state index in [-0.39, 0.29) is 12.1 Å². The molecule has 1 N–H and O–H groups in total. The molecule has 78 valence electrons. The number of aromatic nitrogens is 2. The largest absolute Gasteiger partial charge is 0.481 e. The van der Waals surface area contributed by atoms with Gasteiger partial charge in [0.2, 0.25) is 0 Å². The molecule has 1 heterocycles. The Bertz CT molecular complexity index is 364. The van der Waals surface area contributed by atoms with Crippen molar-refractivity contribution in [3.63, 3.8) is 0 Å². The van der Waals surface area contributed by atoms with Gasteiger partial charge in [-0.3, -0.25) is 13.9 Å². The second kappa shape index (κ2) is 4.64. The minimum absolute atomic E-state index is 0.0714. The number of nitrogens with zero attached hydrogens (tertiary/aromatic N) is 2. The first-order chi connectivity index (χ1) is 6.65. The lowest BCUT2D eigenvalue weighted by Gasteiger charge is -1.98. The Morgan fingerprint density at radius 3 is 2.57 bits per heavy atom. The van der Waals surface area contributed by atoms with Crippen LogP contribution in [0.15, 0.2) is 17.2 Å². The van der Waals surface area contributed by atoms with E-state index in [0.29, 0.717) is 19.5 Å². The first kappa shape index (κ1) is 10.6. The molecular weight excluding hydrogens is 184 g/mol. The quantitative estimate of drug-likeness (QED) is 0.750. The SMILES string of the molecule is CCn1ccn(CCCC(=O)O)c1=O. The molecule has 0 aromatic carbocycles. The van der Waals surface area contributed by atoms with Gasteiger partial charge in [0.05, 0.1) is 0 Å². The number of hydrogen-bond donors (Lipinski definition) is 1. The maximum atomic E-state index is 11.5. The predicted molar refractivity (Wildman–Crippen MR) is 51.2 cm³/mol. The van der Waals surface area contributed by atoms with Gasteiger partial charge in [0.15, 0.2) is 0 Å². The third-order valence-corrected chi connectivity index (χ3v) is 2.05. The first-order valence-electron chi connectivity index (χ1n) is 4.62. The Kier molecular flexibility index (Phi) is 3.50. The van der Waals surface area contributed by atoms with Crippen molar-refractivity contribution in [3.05, 3.63) is 22.9 Å². The molecule has 0 saturated carbocycles. The highest BCUT2D eigenvalue weighted by molar-refractivity contribution is 5.66. The van der Waals surface area contributed by atoms with Crippen LogP contribution in [0, 0.1) is 0 Å². The smallest absolute Gasteiger partial charge is 0.328 e. The van der Waals surface area contributed by atoms with Crippen molar-refractivity contribution in [2.45, 2.75) is 32.9 Å². The van der Waals surface area contributed by atoms with Gasteiger partial charge in [-0.2, -0.15) is 0 Å². The van der Waals surface area contributed by atoms with Crippen LogP contribution >= 0.6 is 0 Å². The monoisotopic (exact) mass is 198 g/mol. The van der Waals surface area contributed by atoms with Gasteiger partial charge in [-0.1, -0.05) is 0 Å². The molecule has 0 fully saturated rings. The van der Waals surface area contributed by atoms with E-state index < -0.39 is 5.97 Å². The number of imidazole rings is 1. The van der Waals surface area contributed by atoms with Crippen LogP contribution in [0.1, 0.15) is 19.8 Å². The highest BCUT2D eigenvalue weighted by Gasteiger charge is 2.02. The fourth-order valence-electron chi connectivity index (χ4n) is 1.26. The van der Waals surface area contributed by atoms with Gasteiger partial charge in [0.25, 0.3) is 0 Å². The van der Waals surface area contributed by atoms with Crippen LogP contribution in [0.25, 0.3) is 0 Å².